The molecule has 0 N–H and O–H groups in total. The molecule has 0 aromatic rings. The zero-order valence-corrected chi connectivity index (χ0v) is 17.9. The molecule has 28 heavy (non-hydrogen) atoms. The lowest BCUT2D eigenvalue weighted by molar-refractivity contribution is -0.0241. The average Bonchev–Trinajstić information content (AvgIpc) is 2.75. The molecule has 152 valence electrons. The van der Waals surface area contributed by atoms with Gasteiger partial charge in [-0.25, -0.2) is 0 Å². The molecule has 0 heterocycles. The highest BCUT2D eigenvalue weighted by atomic mass is 31.2. The molecule has 0 aromatic heterocycles. The minimum absolute atomic E-state index is 0.626. The van der Waals surface area contributed by atoms with E-state index in [1.54, 1.807) is 0 Å². The van der Waals surface area contributed by atoms with Crippen molar-refractivity contribution in [2.75, 3.05) is 0 Å². The van der Waals surface area contributed by atoms with Gasteiger partial charge in [-0.15, -0.1) is 19.3 Å². The summed E-state index contributed by atoms with van der Waals surface area (Å²) in [5, 5.41) is 0. The Morgan fingerprint density at radius 3 is 0.929 bits per heavy atom. The first kappa shape index (κ1) is 21.7. The van der Waals surface area contributed by atoms with Crippen LogP contribution in [0.4, 0.5) is 0 Å². The lowest BCUT2D eigenvalue weighted by Crippen LogP contribution is -2.39. The van der Waals surface area contributed by atoms with Crippen molar-refractivity contribution in [2.24, 2.45) is 0 Å². The minimum Gasteiger partial charge on any atom is -0.292 e. The molecule has 0 saturated heterocycles. The number of hydrogen-bond acceptors (Lipinski definition) is 3. The van der Waals surface area contributed by atoms with Gasteiger partial charge in [-0.3, -0.25) is 13.6 Å². The van der Waals surface area contributed by atoms with E-state index in [1.165, 1.54) is 19.3 Å². The summed E-state index contributed by atoms with van der Waals surface area (Å²) in [5.41, 5.74) is -1.88. The molecule has 0 unspecified atom stereocenters. The second-order valence-electron chi connectivity index (χ2n) is 8.60. The summed E-state index contributed by atoms with van der Waals surface area (Å²) in [5.74, 6) is 8.74. The fourth-order valence-corrected chi connectivity index (χ4v) is 6.31. The van der Waals surface area contributed by atoms with Crippen LogP contribution >= 0.6 is 8.60 Å². The van der Waals surface area contributed by atoms with Crippen molar-refractivity contribution in [3.05, 3.63) is 0 Å². The third kappa shape index (κ3) is 5.12. The Morgan fingerprint density at radius 2 is 0.714 bits per heavy atom. The summed E-state index contributed by atoms with van der Waals surface area (Å²) >= 11 is 0. The highest BCUT2D eigenvalue weighted by Gasteiger charge is 2.44. The minimum atomic E-state index is -1.72. The van der Waals surface area contributed by atoms with Crippen LogP contribution in [0, 0.1) is 37.0 Å². The topological polar surface area (TPSA) is 27.7 Å². The maximum atomic E-state index is 6.48. The van der Waals surface area contributed by atoms with Crippen molar-refractivity contribution in [1.82, 2.24) is 0 Å². The van der Waals surface area contributed by atoms with Crippen LogP contribution in [0.25, 0.3) is 0 Å². The summed E-state index contributed by atoms with van der Waals surface area (Å²) in [4.78, 5) is 0. The van der Waals surface area contributed by atoms with Crippen molar-refractivity contribution in [3.63, 3.8) is 0 Å². The van der Waals surface area contributed by atoms with E-state index in [4.69, 9.17) is 32.8 Å². The quantitative estimate of drug-likeness (QED) is 0.388. The lowest BCUT2D eigenvalue weighted by atomic mass is 9.86. The van der Waals surface area contributed by atoms with Gasteiger partial charge in [-0.1, -0.05) is 37.0 Å². The van der Waals surface area contributed by atoms with E-state index >= 15 is 0 Å². The van der Waals surface area contributed by atoms with Gasteiger partial charge in [0.05, 0.1) is 0 Å². The Hall–Kier alpha value is -1.01. The standard InChI is InChI=1S/C24H33O3P/c1-4-22(16-10-7-11-17-22)25-28(26-23(5-2)18-12-8-13-19-23)27-24(6-3)20-14-9-15-21-24/h1-3H,7-21H2. The van der Waals surface area contributed by atoms with Crippen molar-refractivity contribution >= 4 is 8.60 Å². The second-order valence-corrected chi connectivity index (χ2v) is 9.59. The maximum Gasteiger partial charge on any atom is 0.337 e. The van der Waals surface area contributed by atoms with Crippen molar-refractivity contribution in [2.45, 2.75) is 113 Å². The second kappa shape index (κ2) is 9.66. The van der Waals surface area contributed by atoms with Crippen LogP contribution in [0.2, 0.25) is 0 Å². The van der Waals surface area contributed by atoms with Crippen LogP contribution in [0.1, 0.15) is 96.3 Å². The molecule has 0 radical (unpaired) electrons. The average molecular weight is 400 g/mol. The van der Waals surface area contributed by atoms with Crippen LogP contribution in [0.15, 0.2) is 0 Å². The predicted octanol–water partition coefficient (Wildman–Crippen LogP) is 6.27. The van der Waals surface area contributed by atoms with Crippen molar-refractivity contribution < 1.29 is 13.6 Å². The monoisotopic (exact) mass is 400 g/mol. The van der Waals surface area contributed by atoms with Crippen LogP contribution in [-0.4, -0.2) is 16.8 Å². The fourth-order valence-electron chi connectivity index (χ4n) is 4.64. The lowest BCUT2D eigenvalue weighted by Gasteiger charge is -2.42. The van der Waals surface area contributed by atoms with E-state index in [1.807, 2.05) is 0 Å². The number of terminal acetylenes is 3. The van der Waals surface area contributed by atoms with E-state index in [9.17, 15) is 0 Å². The largest absolute Gasteiger partial charge is 0.337 e. The van der Waals surface area contributed by atoms with Gasteiger partial charge in [-0.05, 0) is 77.0 Å². The summed E-state index contributed by atoms with van der Waals surface area (Å²) in [7, 11) is -1.72. The molecule has 3 aliphatic carbocycles. The van der Waals surface area contributed by atoms with Gasteiger partial charge in [0.2, 0.25) is 0 Å². The van der Waals surface area contributed by atoms with E-state index in [-0.39, 0.29) is 0 Å². The van der Waals surface area contributed by atoms with Crippen molar-refractivity contribution in [1.29, 1.82) is 0 Å². The molecular formula is C24H33O3P. The zero-order valence-electron chi connectivity index (χ0n) is 17.0. The van der Waals surface area contributed by atoms with Gasteiger partial charge in [0.15, 0.2) is 0 Å². The molecule has 0 spiro atoms. The Labute approximate surface area is 172 Å². The van der Waals surface area contributed by atoms with Crippen LogP contribution < -0.4 is 0 Å². The van der Waals surface area contributed by atoms with Crippen LogP contribution in [0.5, 0.6) is 0 Å². The first-order valence-electron chi connectivity index (χ1n) is 10.9. The normalized spacial score (nSPS) is 25.9. The Kier molecular flexibility index (Phi) is 7.48. The predicted molar refractivity (Wildman–Crippen MR) is 114 cm³/mol. The molecule has 0 bridgehead atoms. The summed E-state index contributed by atoms with van der Waals surface area (Å²) < 4.78 is 19.4. The summed E-state index contributed by atoms with van der Waals surface area (Å²) in [6.07, 6.45) is 32.7. The summed E-state index contributed by atoms with van der Waals surface area (Å²) in [6.45, 7) is 0. The molecule has 3 nitrogen and oxygen atoms in total. The van der Waals surface area contributed by atoms with Gasteiger partial charge in [0.25, 0.3) is 0 Å². The highest BCUT2D eigenvalue weighted by Crippen LogP contribution is 2.56. The SMILES string of the molecule is C#CC1(OP(OC2(C#C)CCCCC2)OC2(C#C)CCCCC2)CCCCC1. The Bertz CT molecular complexity index is 542. The zero-order chi connectivity index (χ0) is 19.9. The van der Waals surface area contributed by atoms with Gasteiger partial charge >= 0.3 is 8.60 Å². The summed E-state index contributed by atoms with van der Waals surface area (Å²) in [6, 6.07) is 0. The number of rotatable bonds is 6. The van der Waals surface area contributed by atoms with E-state index < -0.39 is 25.4 Å². The van der Waals surface area contributed by atoms with Gasteiger partial charge in [0.1, 0.15) is 16.8 Å². The molecule has 3 rings (SSSR count). The molecule has 3 fully saturated rings. The van der Waals surface area contributed by atoms with Gasteiger partial charge in [0, 0.05) is 0 Å². The number of hydrogen-bond donors (Lipinski definition) is 0. The maximum absolute atomic E-state index is 6.48. The molecule has 0 amide bonds. The van der Waals surface area contributed by atoms with E-state index in [2.05, 4.69) is 17.8 Å². The third-order valence-corrected chi connectivity index (χ3v) is 8.02. The first-order chi connectivity index (χ1) is 13.6. The molecular weight excluding hydrogens is 367 g/mol. The smallest absolute Gasteiger partial charge is 0.292 e. The highest BCUT2D eigenvalue weighted by molar-refractivity contribution is 7.41. The van der Waals surface area contributed by atoms with Crippen LogP contribution in [0.3, 0.4) is 0 Å². The molecule has 3 aliphatic rings. The van der Waals surface area contributed by atoms with Crippen LogP contribution in [-0.2, 0) is 13.6 Å². The first-order valence-corrected chi connectivity index (χ1v) is 12.0. The molecule has 0 aliphatic heterocycles. The van der Waals surface area contributed by atoms with E-state index in [0.29, 0.717) is 0 Å². The fraction of sp³-hybridized carbons (Fsp3) is 0.750. The third-order valence-electron chi connectivity index (χ3n) is 6.52. The van der Waals surface area contributed by atoms with Crippen molar-refractivity contribution in [3.8, 4) is 37.0 Å². The molecule has 0 aromatic carbocycles. The molecule has 0 atom stereocenters. The van der Waals surface area contributed by atoms with Gasteiger partial charge < -0.3 is 0 Å². The van der Waals surface area contributed by atoms with E-state index in [0.717, 1.165) is 77.0 Å². The molecule has 4 heteroatoms. The Balaban J connectivity index is 1.81. The Morgan fingerprint density at radius 1 is 0.464 bits per heavy atom. The van der Waals surface area contributed by atoms with Gasteiger partial charge in [-0.2, -0.15) is 0 Å². The molecule has 3 saturated carbocycles.